The van der Waals surface area contributed by atoms with Crippen molar-refractivity contribution in [1.29, 1.82) is 0 Å². The van der Waals surface area contributed by atoms with Gasteiger partial charge in [0.25, 0.3) is 0 Å². The predicted molar refractivity (Wildman–Crippen MR) is 54.5 cm³/mol. The summed E-state index contributed by atoms with van der Waals surface area (Å²) in [6, 6.07) is 6.79. The van der Waals surface area contributed by atoms with Crippen LogP contribution in [0.25, 0.3) is 0 Å². The zero-order valence-electron chi connectivity index (χ0n) is 9.02. The van der Waals surface area contributed by atoms with Crippen LogP contribution in [0.2, 0.25) is 0 Å². The van der Waals surface area contributed by atoms with Crippen molar-refractivity contribution in [3.05, 3.63) is 35.4 Å². The number of methoxy groups -OCH3 is 3. The summed E-state index contributed by atoms with van der Waals surface area (Å²) < 4.78 is 15.5. The van der Waals surface area contributed by atoms with Gasteiger partial charge in [0, 0.05) is 32.5 Å². The number of carbonyl (C=O) groups is 1. The van der Waals surface area contributed by atoms with E-state index in [4.69, 9.17) is 14.2 Å². The second-order valence-corrected chi connectivity index (χ2v) is 2.91. The van der Waals surface area contributed by atoms with Crippen LogP contribution in [-0.4, -0.2) is 27.6 Å². The summed E-state index contributed by atoms with van der Waals surface area (Å²) in [5.74, 6) is -1.21. The second-order valence-electron chi connectivity index (χ2n) is 2.91. The SMILES string of the molecule is COC(OC)(OC)c1ccc(C=O)cc1. The molecular weight excluding hydrogens is 196 g/mol. The minimum absolute atomic E-state index is 0.593. The van der Waals surface area contributed by atoms with Crippen molar-refractivity contribution in [2.45, 2.75) is 5.97 Å². The van der Waals surface area contributed by atoms with Crippen LogP contribution < -0.4 is 0 Å². The monoisotopic (exact) mass is 210 g/mol. The van der Waals surface area contributed by atoms with Gasteiger partial charge in [0.05, 0.1) is 0 Å². The number of ether oxygens (including phenoxy) is 3. The van der Waals surface area contributed by atoms with Gasteiger partial charge in [0.1, 0.15) is 6.29 Å². The molecule has 0 heterocycles. The van der Waals surface area contributed by atoms with E-state index in [1.54, 1.807) is 24.3 Å². The first-order valence-corrected chi connectivity index (χ1v) is 4.43. The molecule has 0 bridgehead atoms. The van der Waals surface area contributed by atoms with Crippen molar-refractivity contribution in [2.75, 3.05) is 21.3 Å². The maximum absolute atomic E-state index is 10.5. The van der Waals surface area contributed by atoms with Crippen molar-refractivity contribution in [3.63, 3.8) is 0 Å². The minimum atomic E-state index is -1.21. The van der Waals surface area contributed by atoms with E-state index < -0.39 is 5.97 Å². The fourth-order valence-corrected chi connectivity index (χ4v) is 1.37. The van der Waals surface area contributed by atoms with Crippen LogP contribution in [0.1, 0.15) is 15.9 Å². The third-order valence-electron chi connectivity index (χ3n) is 2.21. The smallest absolute Gasteiger partial charge is 0.311 e. The van der Waals surface area contributed by atoms with Crippen molar-refractivity contribution >= 4 is 6.29 Å². The molecule has 15 heavy (non-hydrogen) atoms. The summed E-state index contributed by atoms with van der Waals surface area (Å²) in [6.07, 6.45) is 0.776. The van der Waals surface area contributed by atoms with Crippen LogP contribution in [0.5, 0.6) is 0 Å². The van der Waals surface area contributed by atoms with E-state index in [0.717, 1.165) is 6.29 Å². The first-order valence-electron chi connectivity index (χ1n) is 4.43. The lowest BCUT2D eigenvalue weighted by molar-refractivity contribution is -0.364. The van der Waals surface area contributed by atoms with Gasteiger partial charge in [0.2, 0.25) is 0 Å². The lowest BCUT2D eigenvalue weighted by Crippen LogP contribution is -2.32. The van der Waals surface area contributed by atoms with E-state index >= 15 is 0 Å². The van der Waals surface area contributed by atoms with Crippen LogP contribution in [0.15, 0.2) is 24.3 Å². The molecule has 0 fully saturated rings. The summed E-state index contributed by atoms with van der Waals surface area (Å²) in [4.78, 5) is 10.5. The Morgan fingerprint density at radius 3 is 1.80 bits per heavy atom. The fourth-order valence-electron chi connectivity index (χ4n) is 1.37. The Morgan fingerprint density at radius 1 is 1.00 bits per heavy atom. The Balaban J connectivity index is 3.06. The molecule has 0 spiro atoms. The minimum Gasteiger partial charge on any atom is -0.327 e. The van der Waals surface area contributed by atoms with Gasteiger partial charge in [0.15, 0.2) is 0 Å². The second kappa shape index (κ2) is 5.02. The number of carbonyl (C=O) groups excluding carboxylic acids is 1. The number of hydrogen-bond donors (Lipinski definition) is 0. The first kappa shape index (κ1) is 11.8. The molecule has 0 aliphatic rings. The van der Waals surface area contributed by atoms with Crippen LogP contribution in [0.4, 0.5) is 0 Å². The highest BCUT2D eigenvalue weighted by molar-refractivity contribution is 5.74. The molecule has 0 aliphatic heterocycles. The molecule has 0 saturated carbocycles. The normalized spacial score (nSPS) is 11.4. The summed E-state index contributed by atoms with van der Waals surface area (Å²) >= 11 is 0. The summed E-state index contributed by atoms with van der Waals surface area (Å²) in [7, 11) is 4.46. The molecule has 0 aromatic heterocycles. The highest BCUT2D eigenvalue weighted by atomic mass is 16.9. The van der Waals surface area contributed by atoms with Crippen LogP contribution in [-0.2, 0) is 20.2 Å². The average Bonchev–Trinajstić information content (AvgIpc) is 2.33. The van der Waals surface area contributed by atoms with Crippen LogP contribution >= 0.6 is 0 Å². The molecule has 0 atom stereocenters. The fraction of sp³-hybridized carbons (Fsp3) is 0.364. The molecule has 4 nitrogen and oxygen atoms in total. The Hall–Kier alpha value is -1.23. The molecule has 0 unspecified atom stereocenters. The zero-order chi connectivity index (χ0) is 11.3. The van der Waals surface area contributed by atoms with E-state index in [1.165, 1.54) is 21.3 Å². The molecule has 0 saturated heterocycles. The molecule has 1 rings (SSSR count). The number of benzene rings is 1. The van der Waals surface area contributed by atoms with Crippen molar-refractivity contribution in [3.8, 4) is 0 Å². The third kappa shape index (κ3) is 2.23. The summed E-state index contributed by atoms with van der Waals surface area (Å²) in [6.45, 7) is 0. The van der Waals surface area contributed by atoms with Gasteiger partial charge in [-0.1, -0.05) is 24.3 Å². The first-order chi connectivity index (χ1) is 7.22. The molecule has 82 valence electrons. The van der Waals surface area contributed by atoms with E-state index in [9.17, 15) is 4.79 Å². The Kier molecular flexibility index (Phi) is 3.96. The van der Waals surface area contributed by atoms with E-state index in [2.05, 4.69) is 0 Å². The number of aldehydes is 1. The molecule has 0 amide bonds. The predicted octanol–water partition coefficient (Wildman–Crippen LogP) is 1.55. The maximum atomic E-state index is 10.5. The van der Waals surface area contributed by atoms with Gasteiger partial charge in [-0.15, -0.1) is 0 Å². The molecule has 0 aliphatic carbocycles. The third-order valence-corrected chi connectivity index (χ3v) is 2.21. The standard InChI is InChI=1S/C11H14O4/c1-13-11(14-2,15-3)10-6-4-9(8-12)5-7-10/h4-8H,1-3H3. The van der Waals surface area contributed by atoms with Gasteiger partial charge in [-0.2, -0.15) is 0 Å². The molecule has 0 radical (unpaired) electrons. The zero-order valence-corrected chi connectivity index (χ0v) is 9.02. The molecule has 1 aromatic rings. The topological polar surface area (TPSA) is 44.8 Å². The lowest BCUT2D eigenvalue weighted by Gasteiger charge is -2.28. The lowest BCUT2D eigenvalue weighted by atomic mass is 10.1. The van der Waals surface area contributed by atoms with Gasteiger partial charge in [-0.3, -0.25) is 4.79 Å². The molecular formula is C11H14O4. The van der Waals surface area contributed by atoms with Gasteiger partial charge >= 0.3 is 5.97 Å². The largest absolute Gasteiger partial charge is 0.327 e. The maximum Gasteiger partial charge on any atom is 0.311 e. The molecule has 0 N–H and O–H groups in total. The number of rotatable bonds is 5. The Labute approximate surface area is 88.8 Å². The van der Waals surface area contributed by atoms with Crippen LogP contribution in [0, 0.1) is 0 Å². The number of hydrogen-bond acceptors (Lipinski definition) is 4. The van der Waals surface area contributed by atoms with Gasteiger partial charge < -0.3 is 14.2 Å². The van der Waals surface area contributed by atoms with Gasteiger partial charge in [-0.05, 0) is 0 Å². The van der Waals surface area contributed by atoms with Crippen molar-refractivity contribution in [2.24, 2.45) is 0 Å². The Morgan fingerprint density at radius 2 is 1.47 bits per heavy atom. The summed E-state index contributed by atoms with van der Waals surface area (Å²) in [5, 5.41) is 0. The highest BCUT2D eigenvalue weighted by Crippen LogP contribution is 2.26. The van der Waals surface area contributed by atoms with Gasteiger partial charge in [-0.25, -0.2) is 0 Å². The van der Waals surface area contributed by atoms with E-state index in [-0.39, 0.29) is 0 Å². The quantitative estimate of drug-likeness (QED) is 0.546. The summed E-state index contributed by atoms with van der Waals surface area (Å²) in [5.41, 5.74) is 1.29. The van der Waals surface area contributed by atoms with E-state index in [1.807, 2.05) is 0 Å². The van der Waals surface area contributed by atoms with E-state index in [0.29, 0.717) is 11.1 Å². The average molecular weight is 210 g/mol. The Bertz CT molecular complexity index is 306. The van der Waals surface area contributed by atoms with Crippen LogP contribution in [0.3, 0.4) is 0 Å². The molecule has 4 heteroatoms. The molecule has 1 aromatic carbocycles. The van der Waals surface area contributed by atoms with Crippen molar-refractivity contribution < 1.29 is 19.0 Å². The van der Waals surface area contributed by atoms with Crippen molar-refractivity contribution in [1.82, 2.24) is 0 Å². The highest BCUT2D eigenvalue weighted by Gasteiger charge is 2.31.